The normalized spacial score (nSPS) is 11.0. The number of alkyl carbamates (subject to hydrolysis) is 1. The molecule has 0 atom stereocenters. The average molecular weight is 302 g/mol. The molecule has 0 saturated carbocycles. The minimum atomic E-state index is -0.666. The number of esters is 1. The van der Waals surface area contributed by atoms with Crippen LogP contribution in [0.1, 0.15) is 20.8 Å². The van der Waals surface area contributed by atoms with Gasteiger partial charge in [0, 0.05) is 11.6 Å². The van der Waals surface area contributed by atoms with Crippen molar-refractivity contribution in [2.45, 2.75) is 26.4 Å². The van der Waals surface area contributed by atoms with E-state index in [0.717, 1.165) is 5.39 Å². The SMILES string of the molecule is CC(C)(C)OC(=O)NCC(=O)Oc1cccc2cccnc12. The second kappa shape index (κ2) is 6.43. The number of carbonyl (C=O) groups is 2. The Morgan fingerprint density at radius 3 is 2.64 bits per heavy atom. The number of aromatic nitrogens is 1. The molecule has 1 heterocycles. The molecule has 0 radical (unpaired) electrons. The molecule has 0 bridgehead atoms. The summed E-state index contributed by atoms with van der Waals surface area (Å²) in [6.45, 7) is 4.95. The Hall–Kier alpha value is -2.63. The van der Waals surface area contributed by atoms with Gasteiger partial charge in [-0.1, -0.05) is 18.2 Å². The molecule has 2 rings (SSSR count). The van der Waals surface area contributed by atoms with E-state index >= 15 is 0 Å². The van der Waals surface area contributed by atoms with Crippen LogP contribution in [-0.2, 0) is 9.53 Å². The largest absolute Gasteiger partial charge is 0.444 e. The molecule has 0 aliphatic rings. The molecule has 1 aromatic carbocycles. The predicted octanol–water partition coefficient (Wildman–Crippen LogP) is 2.66. The van der Waals surface area contributed by atoms with Crippen LogP contribution in [0.3, 0.4) is 0 Å². The molecule has 1 amide bonds. The second-order valence-corrected chi connectivity index (χ2v) is 5.66. The molecule has 0 unspecified atom stereocenters. The monoisotopic (exact) mass is 302 g/mol. The smallest absolute Gasteiger partial charge is 0.408 e. The van der Waals surface area contributed by atoms with Crippen LogP contribution in [0.15, 0.2) is 36.5 Å². The molecule has 0 aliphatic heterocycles. The first-order valence-corrected chi connectivity index (χ1v) is 6.86. The molecule has 22 heavy (non-hydrogen) atoms. The molecule has 116 valence electrons. The van der Waals surface area contributed by atoms with Crippen molar-refractivity contribution in [2.24, 2.45) is 0 Å². The Kier molecular flexibility index (Phi) is 4.60. The minimum Gasteiger partial charge on any atom is -0.444 e. The summed E-state index contributed by atoms with van der Waals surface area (Å²) in [5, 5.41) is 3.22. The molecule has 0 aliphatic carbocycles. The predicted molar refractivity (Wildman–Crippen MR) is 81.6 cm³/mol. The van der Waals surface area contributed by atoms with E-state index in [4.69, 9.17) is 9.47 Å². The number of nitrogens with one attached hydrogen (secondary N) is 1. The Labute approximate surface area is 128 Å². The van der Waals surface area contributed by atoms with Gasteiger partial charge in [0.1, 0.15) is 17.7 Å². The molecule has 2 aromatic rings. The van der Waals surface area contributed by atoms with Gasteiger partial charge in [-0.3, -0.25) is 4.98 Å². The van der Waals surface area contributed by atoms with Gasteiger partial charge in [0.15, 0.2) is 5.75 Å². The Bertz CT molecular complexity index is 687. The first kappa shape index (κ1) is 15.8. The van der Waals surface area contributed by atoms with Crippen molar-refractivity contribution in [3.63, 3.8) is 0 Å². The van der Waals surface area contributed by atoms with Crippen molar-refractivity contribution in [3.8, 4) is 5.75 Å². The fraction of sp³-hybridized carbons (Fsp3) is 0.312. The minimum absolute atomic E-state index is 0.280. The number of para-hydroxylation sites is 1. The maximum Gasteiger partial charge on any atom is 0.408 e. The zero-order valence-electron chi connectivity index (χ0n) is 12.8. The van der Waals surface area contributed by atoms with Crippen LogP contribution < -0.4 is 10.1 Å². The van der Waals surface area contributed by atoms with E-state index in [0.29, 0.717) is 11.3 Å². The highest BCUT2D eigenvalue weighted by molar-refractivity contribution is 5.88. The number of rotatable bonds is 3. The van der Waals surface area contributed by atoms with Crippen molar-refractivity contribution >= 4 is 23.0 Å². The fourth-order valence-corrected chi connectivity index (χ4v) is 1.78. The van der Waals surface area contributed by atoms with Gasteiger partial charge >= 0.3 is 12.1 Å². The molecule has 6 nitrogen and oxygen atoms in total. The van der Waals surface area contributed by atoms with E-state index in [1.807, 2.05) is 12.1 Å². The topological polar surface area (TPSA) is 77.5 Å². The number of amides is 1. The Morgan fingerprint density at radius 2 is 1.91 bits per heavy atom. The van der Waals surface area contributed by atoms with Crippen molar-refractivity contribution < 1.29 is 19.1 Å². The molecule has 0 fully saturated rings. The number of carbonyl (C=O) groups excluding carboxylic acids is 2. The number of hydrogen-bond donors (Lipinski definition) is 1. The third kappa shape index (κ3) is 4.44. The maximum absolute atomic E-state index is 11.8. The summed E-state index contributed by atoms with van der Waals surface area (Å²) in [6.07, 6.45) is 0.957. The van der Waals surface area contributed by atoms with Gasteiger partial charge in [0.2, 0.25) is 0 Å². The molecule has 0 saturated heterocycles. The summed E-state index contributed by atoms with van der Waals surface area (Å²) in [5.41, 5.74) is -0.0244. The number of benzene rings is 1. The van der Waals surface area contributed by atoms with E-state index in [1.165, 1.54) is 0 Å². The van der Waals surface area contributed by atoms with Gasteiger partial charge in [-0.15, -0.1) is 0 Å². The highest BCUT2D eigenvalue weighted by atomic mass is 16.6. The third-order valence-corrected chi connectivity index (χ3v) is 2.60. The second-order valence-electron chi connectivity index (χ2n) is 5.66. The van der Waals surface area contributed by atoms with E-state index in [1.54, 1.807) is 45.2 Å². The standard InChI is InChI=1S/C16H18N2O4/c1-16(2,3)22-15(20)18-10-13(19)21-12-8-4-6-11-7-5-9-17-14(11)12/h4-9H,10H2,1-3H3,(H,18,20). The van der Waals surface area contributed by atoms with Gasteiger partial charge in [0.05, 0.1) is 0 Å². The summed E-state index contributed by atoms with van der Waals surface area (Å²) in [6, 6.07) is 8.98. The Morgan fingerprint density at radius 1 is 1.18 bits per heavy atom. The van der Waals surface area contributed by atoms with Gasteiger partial charge in [-0.05, 0) is 32.9 Å². The lowest BCUT2D eigenvalue weighted by atomic mass is 10.2. The van der Waals surface area contributed by atoms with Crippen molar-refractivity contribution in [1.29, 1.82) is 0 Å². The van der Waals surface area contributed by atoms with Crippen LogP contribution in [-0.4, -0.2) is 29.2 Å². The summed E-state index contributed by atoms with van der Waals surface area (Å²) in [5.74, 6) is -0.238. The van der Waals surface area contributed by atoms with Crippen molar-refractivity contribution in [2.75, 3.05) is 6.54 Å². The summed E-state index contributed by atoms with van der Waals surface area (Å²) >= 11 is 0. The lowest BCUT2D eigenvalue weighted by Crippen LogP contribution is -2.36. The molecule has 1 aromatic heterocycles. The number of nitrogens with zero attached hydrogens (tertiary/aromatic N) is 1. The van der Waals surface area contributed by atoms with Crippen LogP contribution in [0.25, 0.3) is 10.9 Å². The number of fused-ring (bicyclic) bond motifs is 1. The van der Waals surface area contributed by atoms with Crippen LogP contribution in [0.2, 0.25) is 0 Å². The number of pyridine rings is 1. The van der Waals surface area contributed by atoms with Crippen LogP contribution in [0.4, 0.5) is 4.79 Å². The number of hydrogen-bond acceptors (Lipinski definition) is 5. The maximum atomic E-state index is 11.8. The molecular weight excluding hydrogens is 284 g/mol. The van der Waals surface area contributed by atoms with Gasteiger partial charge in [-0.2, -0.15) is 0 Å². The van der Waals surface area contributed by atoms with Crippen LogP contribution >= 0.6 is 0 Å². The Balaban J connectivity index is 1.96. The molecular formula is C16H18N2O4. The molecule has 0 spiro atoms. The van der Waals surface area contributed by atoms with E-state index in [9.17, 15) is 9.59 Å². The zero-order valence-corrected chi connectivity index (χ0v) is 12.8. The summed E-state index contributed by atoms with van der Waals surface area (Å²) < 4.78 is 10.3. The van der Waals surface area contributed by atoms with Crippen LogP contribution in [0.5, 0.6) is 5.75 Å². The lowest BCUT2D eigenvalue weighted by Gasteiger charge is -2.19. The fourth-order valence-electron chi connectivity index (χ4n) is 1.78. The summed E-state index contributed by atoms with van der Waals surface area (Å²) in [7, 11) is 0. The molecule has 1 N–H and O–H groups in total. The van der Waals surface area contributed by atoms with Gasteiger partial charge in [0.25, 0.3) is 0 Å². The zero-order chi connectivity index (χ0) is 16.2. The van der Waals surface area contributed by atoms with Gasteiger partial charge in [-0.25, -0.2) is 9.59 Å². The quantitative estimate of drug-likeness (QED) is 0.696. The highest BCUT2D eigenvalue weighted by Gasteiger charge is 2.17. The average Bonchev–Trinajstić information content (AvgIpc) is 2.44. The third-order valence-electron chi connectivity index (χ3n) is 2.60. The van der Waals surface area contributed by atoms with Crippen molar-refractivity contribution in [3.05, 3.63) is 36.5 Å². The highest BCUT2D eigenvalue weighted by Crippen LogP contribution is 2.22. The van der Waals surface area contributed by atoms with Gasteiger partial charge < -0.3 is 14.8 Å². The first-order chi connectivity index (χ1) is 10.3. The lowest BCUT2D eigenvalue weighted by molar-refractivity contribution is -0.133. The van der Waals surface area contributed by atoms with Crippen LogP contribution in [0, 0.1) is 0 Å². The number of ether oxygens (including phenoxy) is 2. The van der Waals surface area contributed by atoms with E-state index < -0.39 is 17.7 Å². The molecule has 6 heteroatoms. The van der Waals surface area contributed by atoms with E-state index in [2.05, 4.69) is 10.3 Å². The summed E-state index contributed by atoms with van der Waals surface area (Å²) in [4.78, 5) is 27.5. The first-order valence-electron chi connectivity index (χ1n) is 6.86. The van der Waals surface area contributed by atoms with Crippen molar-refractivity contribution in [1.82, 2.24) is 10.3 Å². The van der Waals surface area contributed by atoms with E-state index in [-0.39, 0.29) is 6.54 Å².